The van der Waals surface area contributed by atoms with Crippen molar-refractivity contribution in [1.82, 2.24) is 9.80 Å². The fourth-order valence-electron chi connectivity index (χ4n) is 1.86. The number of ether oxygens (including phenoxy) is 2. The molecule has 2 rings (SSSR count). The van der Waals surface area contributed by atoms with E-state index in [-0.39, 0.29) is 32.1 Å². The highest BCUT2D eigenvalue weighted by Gasteiger charge is 2.27. The molecule has 0 radical (unpaired) electrons. The van der Waals surface area contributed by atoms with Gasteiger partial charge in [0.2, 0.25) is 5.90 Å². The third-order valence-electron chi connectivity index (χ3n) is 2.62. The summed E-state index contributed by atoms with van der Waals surface area (Å²) < 4.78 is 9.00. The molecular weight excluding hydrogens is 242 g/mol. The van der Waals surface area contributed by atoms with Gasteiger partial charge in [-0.25, -0.2) is 0 Å². The van der Waals surface area contributed by atoms with E-state index in [9.17, 15) is 14.4 Å². The van der Waals surface area contributed by atoms with E-state index in [1.807, 2.05) is 0 Å². The SMILES string of the molecule is N=C1CN(CCN2CC(=O)OC(=O)C2)CC(=O)O1. The van der Waals surface area contributed by atoms with Crippen LogP contribution in [0.5, 0.6) is 0 Å². The molecule has 2 saturated heterocycles. The zero-order valence-electron chi connectivity index (χ0n) is 9.68. The van der Waals surface area contributed by atoms with E-state index in [4.69, 9.17) is 5.41 Å². The molecule has 0 aromatic rings. The molecule has 0 aromatic heterocycles. The average molecular weight is 255 g/mol. The largest absolute Gasteiger partial charge is 0.410 e. The summed E-state index contributed by atoms with van der Waals surface area (Å²) in [6.07, 6.45) is 0. The summed E-state index contributed by atoms with van der Waals surface area (Å²) in [5.41, 5.74) is 0. The summed E-state index contributed by atoms with van der Waals surface area (Å²) >= 11 is 0. The minimum absolute atomic E-state index is 0.0709. The van der Waals surface area contributed by atoms with Gasteiger partial charge in [-0.05, 0) is 0 Å². The van der Waals surface area contributed by atoms with Crippen LogP contribution in [0.2, 0.25) is 0 Å². The molecule has 2 aliphatic rings. The second-order valence-electron chi connectivity index (χ2n) is 4.16. The molecule has 0 aliphatic carbocycles. The van der Waals surface area contributed by atoms with Crippen LogP contribution < -0.4 is 0 Å². The topological polar surface area (TPSA) is 100 Å². The molecule has 0 spiro atoms. The van der Waals surface area contributed by atoms with Crippen molar-refractivity contribution in [1.29, 1.82) is 5.41 Å². The van der Waals surface area contributed by atoms with Crippen LogP contribution >= 0.6 is 0 Å². The number of morpholine rings is 2. The zero-order chi connectivity index (χ0) is 13.1. The number of esters is 3. The van der Waals surface area contributed by atoms with Crippen molar-refractivity contribution in [2.24, 2.45) is 0 Å². The fraction of sp³-hybridized carbons (Fsp3) is 0.600. The van der Waals surface area contributed by atoms with Crippen LogP contribution in [-0.4, -0.2) is 72.9 Å². The summed E-state index contributed by atoms with van der Waals surface area (Å²) in [5.74, 6) is -1.66. The molecular formula is C10H13N3O5. The van der Waals surface area contributed by atoms with Crippen LogP contribution in [0.3, 0.4) is 0 Å². The number of nitrogens with one attached hydrogen (secondary N) is 1. The lowest BCUT2D eigenvalue weighted by Crippen LogP contribution is -2.49. The Morgan fingerprint density at radius 2 is 1.28 bits per heavy atom. The molecule has 1 N–H and O–H groups in total. The molecule has 18 heavy (non-hydrogen) atoms. The average Bonchev–Trinajstić information content (AvgIpc) is 2.23. The predicted octanol–water partition coefficient (Wildman–Crippen LogP) is -1.79. The maximum Gasteiger partial charge on any atom is 0.327 e. The van der Waals surface area contributed by atoms with Crippen molar-refractivity contribution in [3.05, 3.63) is 0 Å². The van der Waals surface area contributed by atoms with Crippen molar-refractivity contribution in [2.75, 3.05) is 39.3 Å². The molecule has 0 saturated carbocycles. The molecule has 2 heterocycles. The van der Waals surface area contributed by atoms with Crippen LogP contribution in [0, 0.1) is 5.41 Å². The van der Waals surface area contributed by atoms with Gasteiger partial charge < -0.3 is 9.47 Å². The first-order valence-electron chi connectivity index (χ1n) is 5.49. The lowest BCUT2D eigenvalue weighted by molar-refractivity contribution is -0.167. The minimum Gasteiger partial charge on any atom is -0.410 e. The van der Waals surface area contributed by atoms with E-state index in [2.05, 4.69) is 9.47 Å². The zero-order valence-corrected chi connectivity index (χ0v) is 9.68. The Morgan fingerprint density at radius 3 is 1.78 bits per heavy atom. The van der Waals surface area contributed by atoms with Crippen LogP contribution in [0.15, 0.2) is 0 Å². The third kappa shape index (κ3) is 3.34. The Balaban J connectivity index is 1.80. The lowest BCUT2D eigenvalue weighted by Gasteiger charge is -2.29. The van der Waals surface area contributed by atoms with Gasteiger partial charge in [0.15, 0.2) is 0 Å². The van der Waals surface area contributed by atoms with Gasteiger partial charge in [0, 0.05) is 13.1 Å². The summed E-state index contributed by atoms with van der Waals surface area (Å²) in [6, 6.07) is 0. The van der Waals surface area contributed by atoms with E-state index >= 15 is 0 Å². The van der Waals surface area contributed by atoms with E-state index in [0.29, 0.717) is 13.1 Å². The highest BCUT2D eigenvalue weighted by molar-refractivity contribution is 5.91. The normalized spacial score (nSPS) is 22.9. The quantitative estimate of drug-likeness (QED) is 0.469. The Morgan fingerprint density at radius 1 is 0.833 bits per heavy atom. The fourth-order valence-corrected chi connectivity index (χ4v) is 1.86. The standard InChI is InChI=1S/C10H13N3O5/c11-7-3-12(4-8(14)17-7)1-2-13-5-9(15)18-10(16)6-13/h11H,1-6H2. The molecule has 0 bridgehead atoms. The van der Waals surface area contributed by atoms with Gasteiger partial charge in [0.25, 0.3) is 0 Å². The molecule has 0 aromatic carbocycles. The van der Waals surface area contributed by atoms with Gasteiger partial charge in [0.1, 0.15) is 0 Å². The second kappa shape index (κ2) is 5.23. The molecule has 2 aliphatic heterocycles. The van der Waals surface area contributed by atoms with Crippen LogP contribution in [0.1, 0.15) is 0 Å². The Kier molecular flexibility index (Phi) is 3.68. The lowest BCUT2D eigenvalue weighted by atomic mass is 10.3. The van der Waals surface area contributed by atoms with Gasteiger partial charge in [-0.1, -0.05) is 0 Å². The Labute approximate surface area is 103 Å². The number of hydrogen-bond donors (Lipinski definition) is 1. The summed E-state index contributed by atoms with van der Waals surface area (Å²) in [6.45, 7) is 1.47. The maximum absolute atomic E-state index is 11.1. The van der Waals surface area contributed by atoms with Crippen molar-refractivity contribution >= 4 is 23.8 Å². The predicted molar refractivity (Wildman–Crippen MR) is 57.8 cm³/mol. The Bertz CT molecular complexity index is 338. The van der Waals surface area contributed by atoms with Gasteiger partial charge in [0.05, 0.1) is 26.2 Å². The number of carbonyl (C=O) groups is 3. The monoisotopic (exact) mass is 255 g/mol. The molecule has 8 heteroatoms. The van der Waals surface area contributed by atoms with Crippen molar-refractivity contribution < 1.29 is 23.9 Å². The van der Waals surface area contributed by atoms with Crippen LogP contribution in [0.4, 0.5) is 0 Å². The van der Waals surface area contributed by atoms with E-state index < -0.39 is 17.9 Å². The first-order chi connectivity index (χ1) is 8.52. The smallest absolute Gasteiger partial charge is 0.327 e. The van der Waals surface area contributed by atoms with Crippen molar-refractivity contribution in [3.8, 4) is 0 Å². The number of nitrogens with zero attached hydrogens (tertiary/aromatic N) is 2. The molecule has 8 nitrogen and oxygen atoms in total. The van der Waals surface area contributed by atoms with Crippen LogP contribution in [-0.2, 0) is 23.9 Å². The maximum atomic E-state index is 11.1. The summed E-state index contributed by atoms with van der Waals surface area (Å²) in [4.78, 5) is 36.5. The number of cyclic esters (lactones) is 3. The van der Waals surface area contributed by atoms with Gasteiger partial charge in [-0.3, -0.25) is 29.6 Å². The number of rotatable bonds is 3. The first-order valence-corrected chi connectivity index (χ1v) is 5.49. The third-order valence-corrected chi connectivity index (χ3v) is 2.62. The van der Waals surface area contributed by atoms with Gasteiger partial charge >= 0.3 is 17.9 Å². The first kappa shape index (κ1) is 12.7. The molecule has 0 amide bonds. The van der Waals surface area contributed by atoms with Crippen molar-refractivity contribution in [2.45, 2.75) is 0 Å². The second-order valence-corrected chi connectivity index (χ2v) is 4.16. The summed E-state index contributed by atoms with van der Waals surface area (Å²) in [7, 11) is 0. The number of hydrogen-bond acceptors (Lipinski definition) is 8. The van der Waals surface area contributed by atoms with E-state index in [1.54, 1.807) is 9.80 Å². The Hall–Kier alpha value is -1.80. The van der Waals surface area contributed by atoms with Crippen LogP contribution in [0.25, 0.3) is 0 Å². The van der Waals surface area contributed by atoms with Crippen molar-refractivity contribution in [3.63, 3.8) is 0 Å². The number of carbonyl (C=O) groups excluding carboxylic acids is 3. The highest BCUT2D eigenvalue weighted by atomic mass is 16.6. The summed E-state index contributed by atoms with van der Waals surface area (Å²) in [5, 5.41) is 7.31. The molecule has 0 atom stereocenters. The van der Waals surface area contributed by atoms with E-state index in [1.165, 1.54) is 0 Å². The molecule has 0 unspecified atom stereocenters. The highest BCUT2D eigenvalue weighted by Crippen LogP contribution is 2.03. The molecule has 2 fully saturated rings. The van der Waals surface area contributed by atoms with E-state index in [0.717, 1.165) is 0 Å². The molecule has 98 valence electrons. The van der Waals surface area contributed by atoms with Gasteiger partial charge in [-0.2, -0.15) is 0 Å². The van der Waals surface area contributed by atoms with Gasteiger partial charge in [-0.15, -0.1) is 0 Å². The minimum atomic E-state index is -0.558.